The molecule has 4 amide bonds. The van der Waals surface area contributed by atoms with Crippen LogP contribution >= 0.6 is 11.6 Å². The molecule has 2 heterocycles. The number of fused-ring (bicyclic) bond motifs is 4. The number of phenolic OH excluding ortho intramolecular Hbond substituents is 1. The van der Waals surface area contributed by atoms with Crippen LogP contribution in [-0.2, 0) is 24.6 Å². The molecule has 1 saturated carbocycles. The number of carbonyl (C=O) groups excluding carboxylic acids is 4. The quantitative estimate of drug-likeness (QED) is 0.330. The van der Waals surface area contributed by atoms with Crippen LogP contribution in [0.25, 0.3) is 0 Å². The molecule has 10 heteroatoms. The molecule has 43 heavy (non-hydrogen) atoms. The zero-order valence-corrected chi connectivity index (χ0v) is 23.8. The average Bonchev–Trinajstić information content (AvgIpc) is 3.35. The van der Waals surface area contributed by atoms with Crippen molar-refractivity contribution in [1.29, 1.82) is 0 Å². The first kappa shape index (κ1) is 27.3. The van der Waals surface area contributed by atoms with Gasteiger partial charge >= 0.3 is 0 Å². The molecule has 4 aliphatic rings. The van der Waals surface area contributed by atoms with Gasteiger partial charge in [-0.2, -0.15) is 5.01 Å². The number of hydrazine groups is 1. The first-order chi connectivity index (χ1) is 20.6. The maximum Gasteiger partial charge on any atom is 0.260 e. The zero-order chi connectivity index (χ0) is 30.2. The molecule has 0 spiro atoms. The third-order valence-corrected chi connectivity index (χ3v) is 9.98. The molecule has 0 aromatic heterocycles. The van der Waals surface area contributed by atoms with E-state index in [1.807, 2.05) is 6.08 Å². The van der Waals surface area contributed by atoms with Gasteiger partial charge in [-0.05, 0) is 66.8 Å². The van der Waals surface area contributed by atoms with Gasteiger partial charge in [0.25, 0.3) is 11.8 Å². The number of nitrogens with one attached hydrogen (secondary N) is 1. The predicted octanol–water partition coefficient (Wildman–Crippen LogP) is 4.80. The molecular formula is C33H27ClFN3O5. The number of aromatic hydroxyl groups is 1. The van der Waals surface area contributed by atoms with Crippen LogP contribution < -0.4 is 5.43 Å². The normalized spacial score (nSPS) is 29.7. The maximum atomic E-state index is 14.9. The van der Waals surface area contributed by atoms with E-state index in [0.717, 1.165) is 15.5 Å². The van der Waals surface area contributed by atoms with Gasteiger partial charge in [0.05, 0.1) is 28.9 Å². The second-order valence-corrected chi connectivity index (χ2v) is 12.1. The Morgan fingerprint density at radius 1 is 0.907 bits per heavy atom. The summed E-state index contributed by atoms with van der Waals surface area (Å²) >= 11 is 6.27. The minimum atomic E-state index is -1.53. The molecule has 3 aromatic rings. The number of hydrogen-bond donors (Lipinski definition) is 2. The third kappa shape index (κ3) is 3.80. The van der Waals surface area contributed by atoms with Crippen LogP contribution in [0, 0.1) is 29.5 Å². The van der Waals surface area contributed by atoms with Gasteiger partial charge < -0.3 is 5.11 Å². The molecule has 7 rings (SSSR count). The molecule has 3 aromatic carbocycles. The van der Waals surface area contributed by atoms with E-state index in [-0.39, 0.29) is 24.0 Å². The Hall–Kier alpha value is -4.50. The summed E-state index contributed by atoms with van der Waals surface area (Å²) in [6.45, 7) is 0. The SMILES string of the molecule is CN1C(=O)[C@H]2[C@H](CC=C3[C@H]2C[C@H]2C(=O)N(Nc4ccc(F)cc4)C(=O)[C@@]2(c2ccc(Cl)cc2)[C@H]3c2ccccc2O)C1=O. The smallest absolute Gasteiger partial charge is 0.260 e. The van der Waals surface area contributed by atoms with Crippen molar-refractivity contribution in [2.24, 2.45) is 23.7 Å². The third-order valence-electron chi connectivity index (χ3n) is 9.72. The van der Waals surface area contributed by atoms with Crippen LogP contribution in [0.2, 0.25) is 5.02 Å². The molecule has 6 atom stereocenters. The number of anilines is 1. The van der Waals surface area contributed by atoms with Gasteiger partial charge in [-0.15, -0.1) is 0 Å². The van der Waals surface area contributed by atoms with E-state index >= 15 is 0 Å². The second kappa shape index (κ2) is 9.77. The molecule has 2 saturated heterocycles. The van der Waals surface area contributed by atoms with Gasteiger partial charge in [0.2, 0.25) is 11.8 Å². The Morgan fingerprint density at radius 2 is 1.60 bits per heavy atom. The minimum absolute atomic E-state index is 0.0561. The van der Waals surface area contributed by atoms with Crippen molar-refractivity contribution >= 4 is 40.9 Å². The van der Waals surface area contributed by atoms with Crippen molar-refractivity contribution < 1.29 is 28.7 Å². The van der Waals surface area contributed by atoms with E-state index in [1.54, 1.807) is 42.5 Å². The van der Waals surface area contributed by atoms with Crippen molar-refractivity contribution in [3.8, 4) is 5.75 Å². The van der Waals surface area contributed by atoms with Crippen molar-refractivity contribution in [1.82, 2.24) is 9.91 Å². The first-order valence-corrected chi connectivity index (χ1v) is 14.5. The monoisotopic (exact) mass is 599 g/mol. The summed E-state index contributed by atoms with van der Waals surface area (Å²) in [6.07, 6.45) is 2.37. The average molecular weight is 600 g/mol. The summed E-state index contributed by atoms with van der Waals surface area (Å²) in [7, 11) is 1.47. The Balaban J connectivity index is 1.47. The summed E-state index contributed by atoms with van der Waals surface area (Å²) in [5.74, 6) is -5.72. The van der Waals surface area contributed by atoms with E-state index in [4.69, 9.17) is 11.6 Å². The van der Waals surface area contributed by atoms with E-state index in [9.17, 15) is 28.7 Å². The number of phenols is 1. The largest absolute Gasteiger partial charge is 0.508 e. The summed E-state index contributed by atoms with van der Waals surface area (Å²) < 4.78 is 13.7. The van der Waals surface area contributed by atoms with Gasteiger partial charge in [0, 0.05) is 23.6 Å². The number of amides is 4. The fourth-order valence-corrected chi connectivity index (χ4v) is 8.01. The van der Waals surface area contributed by atoms with Gasteiger partial charge in [0.1, 0.15) is 11.6 Å². The van der Waals surface area contributed by atoms with Crippen molar-refractivity contribution in [3.63, 3.8) is 0 Å². The number of rotatable bonds is 4. The summed E-state index contributed by atoms with van der Waals surface area (Å²) in [5.41, 5.74) is 3.42. The molecule has 2 N–H and O–H groups in total. The number of hydrogen-bond acceptors (Lipinski definition) is 6. The first-order valence-electron chi connectivity index (χ1n) is 14.1. The van der Waals surface area contributed by atoms with Crippen LogP contribution in [0.5, 0.6) is 5.75 Å². The van der Waals surface area contributed by atoms with E-state index in [0.29, 0.717) is 28.3 Å². The fraction of sp³-hybridized carbons (Fsp3) is 0.273. The number of imide groups is 2. The Kier molecular flexibility index (Phi) is 6.21. The van der Waals surface area contributed by atoms with E-state index in [2.05, 4.69) is 5.43 Å². The van der Waals surface area contributed by atoms with Crippen LogP contribution in [0.1, 0.15) is 29.9 Å². The second-order valence-electron chi connectivity index (χ2n) is 11.7. The van der Waals surface area contributed by atoms with Gasteiger partial charge in [-0.25, -0.2) is 4.39 Å². The number of nitrogens with zero attached hydrogens (tertiary/aromatic N) is 2. The molecule has 218 valence electrons. The Morgan fingerprint density at radius 3 is 2.30 bits per heavy atom. The molecule has 2 aliphatic heterocycles. The highest BCUT2D eigenvalue weighted by atomic mass is 35.5. The van der Waals surface area contributed by atoms with Crippen LogP contribution in [-0.4, -0.2) is 45.7 Å². The summed E-state index contributed by atoms with van der Waals surface area (Å²) in [5, 5.41) is 12.7. The lowest BCUT2D eigenvalue weighted by Gasteiger charge is -2.50. The van der Waals surface area contributed by atoms with Gasteiger partial charge in [-0.1, -0.05) is 53.6 Å². The van der Waals surface area contributed by atoms with Crippen molar-refractivity contribution in [2.45, 2.75) is 24.2 Å². The molecule has 0 unspecified atom stereocenters. The van der Waals surface area contributed by atoms with Crippen LogP contribution in [0.15, 0.2) is 84.4 Å². The topological polar surface area (TPSA) is 107 Å². The number of allylic oxidation sites excluding steroid dienone is 2. The molecule has 3 fully saturated rings. The number of para-hydroxylation sites is 1. The lowest BCUT2D eigenvalue weighted by molar-refractivity contribution is -0.140. The number of halogens is 2. The van der Waals surface area contributed by atoms with Gasteiger partial charge in [0.15, 0.2) is 0 Å². The Bertz CT molecular complexity index is 1720. The Labute approximate surface area is 251 Å². The highest BCUT2D eigenvalue weighted by Gasteiger charge is 2.70. The lowest BCUT2D eigenvalue weighted by atomic mass is 9.49. The lowest BCUT2D eigenvalue weighted by Crippen LogP contribution is -2.53. The van der Waals surface area contributed by atoms with E-state index < -0.39 is 52.6 Å². The number of likely N-dealkylation sites (tertiary alicyclic amines) is 1. The minimum Gasteiger partial charge on any atom is -0.508 e. The standard InChI is InChI=1S/C33H27ClFN3O5/c1-37-29(40)23-15-14-21-24(27(23)31(37)42)16-25-30(41)38(36-20-12-10-19(35)11-13-20)32(43)33(25,17-6-8-18(34)9-7-17)28(21)22-4-2-3-5-26(22)39/h2-14,23-25,27-28,36,39H,15-16H2,1H3/t23-,24+,25-,27-,28+,33+/m0/s1. The molecule has 2 aliphatic carbocycles. The molecule has 0 bridgehead atoms. The molecule has 8 nitrogen and oxygen atoms in total. The van der Waals surface area contributed by atoms with Crippen LogP contribution in [0.3, 0.4) is 0 Å². The van der Waals surface area contributed by atoms with Crippen LogP contribution in [0.4, 0.5) is 10.1 Å². The van der Waals surface area contributed by atoms with Crippen molar-refractivity contribution in [2.75, 3.05) is 12.5 Å². The zero-order valence-electron chi connectivity index (χ0n) is 23.0. The van der Waals surface area contributed by atoms with Gasteiger partial charge in [-0.3, -0.25) is 29.5 Å². The molecule has 0 radical (unpaired) electrons. The van der Waals surface area contributed by atoms with E-state index in [1.165, 1.54) is 37.4 Å². The number of carbonyl (C=O) groups is 4. The highest BCUT2D eigenvalue weighted by molar-refractivity contribution is 6.30. The maximum absolute atomic E-state index is 14.9. The fourth-order valence-electron chi connectivity index (χ4n) is 7.89. The summed E-state index contributed by atoms with van der Waals surface area (Å²) in [4.78, 5) is 57.0. The highest BCUT2D eigenvalue weighted by Crippen LogP contribution is 2.64. The predicted molar refractivity (Wildman–Crippen MR) is 155 cm³/mol. The van der Waals surface area contributed by atoms with Crippen molar-refractivity contribution in [3.05, 3.63) is 106 Å². The summed E-state index contributed by atoms with van der Waals surface area (Å²) in [6, 6.07) is 18.7. The number of benzene rings is 3. The molecular weight excluding hydrogens is 573 g/mol.